The molecule has 4 rings (SSSR count). The third-order valence-corrected chi connectivity index (χ3v) is 9.54. The van der Waals surface area contributed by atoms with Gasteiger partial charge in [0.15, 0.2) is 0 Å². The zero-order valence-electron chi connectivity index (χ0n) is 15.7. The van der Waals surface area contributed by atoms with Crippen molar-refractivity contribution in [2.75, 3.05) is 13.2 Å². The molecule has 2 aromatic rings. The van der Waals surface area contributed by atoms with Gasteiger partial charge in [-0.3, -0.25) is 0 Å². The van der Waals surface area contributed by atoms with E-state index in [9.17, 15) is 0 Å². The zero-order chi connectivity index (χ0) is 18.4. The Morgan fingerprint density at radius 2 is 1.23 bits per heavy atom. The lowest BCUT2D eigenvalue weighted by Gasteiger charge is -2.33. The molecule has 26 heavy (non-hydrogen) atoms. The van der Waals surface area contributed by atoms with E-state index in [-0.39, 0.29) is 11.2 Å². The molecule has 2 aromatic heterocycles. The van der Waals surface area contributed by atoms with Gasteiger partial charge in [-0.2, -0.15) is 0 Å². The van der Waals surface area contributed by atoms with Crippen molar-refractivity contribution in [1.82, 2.24) is 0 Å². The van der Waals surface area contributed by atoms with Crippen LogP contribution in [0.3, 0.4) is 0 Å². The standard InChI is InChI=1S/C20H26O4S2/c1-13-15(5-9-21-13)19(3)17(7-11-23-19)25-26-18-8-12-24-20(18,4)16-6-10-22-14(16)2/h5-6,9-10,17-18H,7-8,11-12H2,1-4H3. The number of aryl methyl sites for hydroxylation is 2. The van der Waals surface area contributed by atoms with E-state index in [1.54, 1.807) is 12.5 Å². The van der Waals surface area contributed by atoms with Gasteiger partial charge in [0.25, 0.3) is 0 Å². The highest BCUT2D eigenvalue weighted by molar-refractivity contribution is 8.77. The molecule has 142 valence electrons. The molecular weight excluding hydrogens is 368 g/mol. The van der Waals surface area contributed by atoms with Gasteiger partial charge >= 0.3 is 0 Å². The Bertz CT molecular complexity index is 705. The summed E-state index contributed by atoms with van der Waals surface area (Å²) in [5.74, 6) is 1.90. The van der Waals surface area contributed by atoms with Crippen LogP contribution in [0.15, 0.2) is 33.5 Å². The van der Waals surface area contributed by atoms with Crippen molar-refractivity contribution in [2.24, 2.45) is 0 Å². The Labute approximate surface area is 162 Å². The van der Waals surface area contributed by atoms with Crippen LogP contribution in [0.4, 0.5) is 0 Å². The molecule has 2 saturated heterocycles. The van der Waals surface area contributed by atoms with E-state index in [0.29, 0.717) is 10.5 Å². The van der Waals surface area contributed by atoms with E-state index in [0.717, 1.165) is 37.6 Å². The maximum Gasteiger partial charge on any atom is 0.106 e. The molecule has 4 heterocycles. The van der Waals surface area contributed by atoms with Crippen molar-refractivity contribution in [1.29, 1.82) is 0 Å². The summed E-state index contributed by atoms with van der Waals surface area (Å²) in [5.41, 5.74) is 1.75. The van der Waals surface area contributed by atoms with Crippen LogP contribution >= 0.6 is 21.6 Å². The second-order valence-corrected chi connectivity index (χ2v) is 10.1. The first kappa shape index (κ1) is 18.5. The van der Waals surface area contributed by atoms with E-state index in [1.165, 1.54) is 11.1 Å². The van der Waals surface area contributed by atoms with Crippen molar-refractivity contribution < 1.29 is 18.3 Å². The number of furan rings is 2. The summed E-state index contributed by atoms with van der Waals surface area (Å²) in [6.07, 6.45) is 5.62. The molecule has 0 radical (unpaired) electrons. The van der Waals surface area contributed by atoms with E-state index in [2.05, 4.69) is 26.0 Å². The lowest BCUT2D eigenvalue weighted by Crippen LogP contribution is -2.33. The van der Waals surface area contributed by atoms with E-state index < -0.39 is 0 Å². The van der Waals surface area contributed by atoms with E-state index in [1.807, 2.05) is 35.4 Å². The summed E-state index contributed by atoms with van der Waals surface area (Å²) in [6.45, 7) is 10.00. The van der Waals surface area contributed by atoms with Crippen LogP contribution < -0.4 is 0 Å². The maximum atomic E-state index is 6.20. The van der Waals surface area contributed by atoms with E-state index in [4.69, 9.17) is 18.3 Å². The molecule has 0 aliphatic carbocycles. The van der Waals surface area contributed by atoms with Gasteiger partial charge in [0, 0.05) is 24.3 Å². The second kappa shape index (κ2) is 6.97. The summed E-state index contributed by atoms with van der Waals surface area (Å²) in [4.78, 5) is 0. The molecule has 0 N–H and O–H groups in total. The third-order valence-electron chi connectivity index (χ3n) is 5.87. The fourth-order valence-electron chi connectivity index (χ4n) is 4.21. The van der Waals surface area contributed by atoms with Gasteiger partial charge in [-0.05, 0) is 52.7 Å². The summed E-state index contributed by atoms with van der Waals surface area (Å²) in [5, 5.41) is 0.776. The van der Waals surface area contributed by atoms with Gasteiger partial charge in [-0.1, -0.05) is 21.6 Å². The average molecular weight is 395 g/mol. The molecule has 0 bridgehead atoms. The maximum absolute atomic E-state index is 6.20. The number of ether oxygens (including phenoxy) is 2. The smallest absolute Gasteiger partial charge is 0.106 e. The van der Waals surface area contributed by atoms with Crippen molar-refractivity contribution in [3.63, 3.8) is 0 Å². The SMILES string of the molecule is Cc1occc1C1(C)OCCC1SSC1CCOC1(C)c1ccoc1C. The average Bonchev–Trinajstić information content (AvgIpc) is 3.36. The highest BCUT2D eigenvalue weighted by atomic mass is 33.1. The molecule has 4 nitrogen and oxygen atoms in total. The van der Waals surface area contributed by atoms with Crippen molar-refractivity contribution in [2.45, 2.75) is 62.2 Å². The number of hydrogen-bond donors (Lipinski definition) is 0. The number of rotatable bonds is 5. The van der Waals surface area contributed by atoms with Gasteiger partial charge in [-0.15, -0.1) is 0 Å². The minimum Gasteiger partial charge on any atom is -0.469 e. The molecule has 2 aliphatic heterocycles. The van der Waals surface area contributed by atoms with Crippen LogP contribution in [0.2, 0.25) is 0 Å². The molecule has 0 saturated carbocycles. The van der Waals surface area contributed by atoms with Crippen molar-refractivity contribution in [3.8, 4) is 0 Å². The summed E-state index contributed by atoms with van der Waals surface area (Å²) in [7, 11) is 3.88. The lowest BCUT2D eigenvalue weighted by molar-refractivity contribution is 0.0180. The Morgan fingerprint density at radius 3 is 1.58 bits per heavy atom. The molecule has 0 aromatic carbocycles. The number of hydrogen-bond acceptors (Lipinski definition) is 6. The Morgan fingerprint density at radius 1 is 0.808 bits per heavy atom. The molecule has 6 heteroatoms. The van der Waals surface area contributed by atoms with Gasteiger partial charge in [0.2, 0.25) is 0 Å². The zero-order valence-corrected chi connectivity index (χ0v) is 17.4. The normalized spacial score (nSPS) is 34.6. The first-order valence-electron chi connectivity index (χ1n) is 9.14. The molecule has 2 fully saturated rings. The predicted molar refractivity (Wildman–Crippen MR) is 105 cm³/mol. The second-order valence-electron chi connectivity index (χ2n) is 7.44. The molecule has 4 unspecified atom stereocenters. The minimum atomic E-state index is -0.295. The fraction of sp³-hybridized carbons (Fsp3) is 0.600. The molecule has 0 spiro atoms. The largest absolute Gasteiger partial charge is 0.469 e. The summed E-state index contributed by atoms with van der Waals surface area (Å²) in [6, 6.07) is 4.10. The molecule has 4 atom stereocenters. The first-order valence-corrected chi connectivity index (χ1v) is 11.4. The molecule has 0 amide bonds. The highest BCUT2D eigenvalue weighted by Crippen LogP contribution is 2.53. The summed E-state index contributed by atoms with van der Waals surface area (Å²) < 4.78 is 23.5. The van der Waals surface area contributed by atoms with Crippen LogP contribution in [-0.4, -0.2) is 23.7 Å². The Balaban J connectivity index is 1.50. The lowest BCUT2D eigenvalue weighted by atomic mass is 9.93. The first-order chi connectivity index (χ1) is 12.4. The fourth-order valence-corrected chi connectivity index (χ4v) is 8.10. The van der Waals surface area contributed by atoms with Crippen molar-refractivity contribution in [3.05, 3.63) is 47.3 Å². The van der Waals surface area contributed by atoms with Crippen LogP contribution in [0.5, 0.6) is 0 Å². The Kier molecular flexibility index (Phi) is 4.97. The van der Waals surface area contributed by atoms with Crippen LogP contribution in [-0.2, 0) is 20.7 Å². The van der Waals surface area contributed by atoms with Crippen LogP contribution in [0, 0.1) is 13.8 Å². The minimum absolute atomic E-state index is 0.295. The van der Waals surface area contributed by atoms with Gasteiger partial charge in [0.1, 0.15) is 22.7 Å². The Hall–Kier alpha value is -0.820. The predicted octanol–water partition coefficient (Wildman–Crippen LogP) is 5.58. The van der Waals surface area contributed by atoms with E-state index >= 15 is 0 Å². The quantitative estimate of drug-likeness (QED) is 0.617. The van der Waals surface area contributed by atoms with Crippen molar-refractivity contribution >= 4 is 21.6 Å². The topological polar surface area (TPSA) is 44.7 Å². The van der Waals surface area contributed by atoms with Gasteiger partial charge in [0.05, 0.1) is 23.0 Å². The molecular formula is C20H26O4S2. The van der Waals surface area contributed by atoms with Gasteiger partial charge < -0.3 is 18.3 Å². The highest BCUT2D eigenvalue weighted by Gasteiger charge is 2.48. The molecule has 2 aliphatic rings. The third kappa shape index (κ3) is 2.95. The van der Waals surface area contributed by atoms with Gasteiger partial charge in [-0.25, -0.2) is 0 Å². The van der Waals surface area contributed by atoms with Crippen LogP contribution in [0.1, 0.15) is 49.3 Å². The summed E-state index contributed by atoms with van der Waals surface area (Å²) >= 11 is 0. The van der Waals surface area contributed by atoms with Crippen LogP contribution in [0.25, 0.3) is 0 Å². The monoisotopic (exact) mass is 394 g/mol.